The summed E-state index contributed by atoms with van der Waals surface area (Å²) in [6, 6.07) is 8.31. The fraction of sp³-hybridized carbons (Fsp3) is 0.438. The predicted molar refractivity (Wildman–Crippen MR) is 93.6 cm³/mol. The van der Waals surface area contributed by atoms with Crippen LogP contribution in [0.1, 0.15) is 36.7 Å². The van der Waals surface area contributed by atoms with E-state index in [2.05, 4.69) is 47.0 Å². The van der Waals surface area contributed by atoms with Crippen LogP contribution in [-0.2, 0) is 19.4 Å². The summed E-state index contributed by atoms with van der Waals surface area (Å²) < 4.78 is 3.07. The Hall–Kier alpha value is -0.510. The van der Waals surface area contributed by atoms with E-state index < -0.39 is 0 Å². The van der Waals surface area contributed by atoms with Crippen LogP contribution in [0, 0.1) is 0 Å². The summed E-state index contributed by atoms with van der Waals surface area (Å²) >= 11 is 16.1. The van der Waals surface area contributed by atoms with E-state index in [0.717, 1.165) is 40.3 Å². The number of alkyl halides is 1. The zero-order valence-corrected chi connectivity index (χ0v) is 15.3. The average Bonchev–Trinajstić information content (AvgIpc) is 2.81. The van der Waals surface area contributed by atoms with E-state index >= 15 is 0 Å². The van der Waals surface area contributed by atoms with Crippen LogP contribution in [0.4, 0.5) is 0 Å². The van der Waals surface area contributed by atoms with Gasteiger partial charge in [0.25, 0.3) is 0 Å². The molecule has 0 fully saturated rings. The standard InChI is InChI=1S/C16H19BrCl2N2/c1-3-14-16(19)15(21(4-2)20-14)9-12(10-18)11-5-7-13(17)8-6-11/h5-8,12H,3-4,9-10H2,1-2H3. The van der Waals surface area contributed by atoms with Gasteiger partial charge in [-0.1, -0.05) is 46.6 Å². The Kier molecular flexibility index (Phi) is 6.15. The second kappa shape index (κ2) is 7.66. The van der Waals surface area contributed by atoms with Crippen LogP contribution in [0.25, 0.3) is 0 Å². The first-order valence-corrected chi connectivity index (χ1v) is 8.86. The van der Waals surface area contributed by atoms with Gasteiger partial charge in [-0.3, -0.25) is 4.68 Å². The van der Waals surface area contributed by atoms with Crippen LogP contribution in [0.5, 0.6) is 0 Å². The van der Waals surface area contributed by atoms with Crippen molar-refractivity contribution in [3.05, 3.63) is 50.7 Å². The van der Waals surface area contributed by atoms with Crippen molar-refractivity contribution in [1.82, 2.24) is 9.78 Å². The fourth-order valence-electron chi connectivity index (χ4n) is 2.44. The number of benzene rings is 1. The third-order valence-electron chi connectivity index (χ3n) is 3.66. The lowest BCUT2D eigenvalue weighted by Gasteiger charge is -2.15. The summed E-state index contributed by atoms with van der Waals surface area (Å²) in [7, 11) is 0. The second-order valence-electron chi connectivity index (χ2n) is 4.98. The maximum Gasteiger partial charge on any atom is 0.0850 e. The first-order valence-electron chi connectivity index (χ1n) is 7.16. The van der Waals surface area contributed by atoms with E-state index in [1.807, 2.05) is 16.8 Å². The number of hydrogen-bond donors (Lipinski definition) is 0. The molecule has 0 radical (unpaired) electrons. The SMILES string of the molecule is CCc1nn(CC)c(CC(CCl)c2ccc(Br)cc2)c1Cl. The molecule has 2 nitrogen and oxygen atoms in total. The van der Waals surface area contributed by atoms with Gasteiger partial charge in [0.15, 0.2) is 0 Å². The summed E-state index contributed by atoms with van der Waals surface area (Å²) in [6.07, 6.45) is 1.66. The maximum absolute atomic E-state index is 6.49. The molecule has 1 unspecified atom stereocenters. The largest absolute Gasteiger partial charge is 0.268 e. The third kappa shape index (κ3) is 3.82. The monoisotopic (exact) mass is 388 g/mol. The molecule has 5 heteroatoms. The van der Waals surface area contributed by atoms with E-state index in [9.17, 15) is 0 Å². The van der Waals surface area contributed by atoms with Gasteiger partial charge in [-0.15, -0.1) is 11.6 Å². The number of hydrogen-bond acceptors (Lipinski definition) is 1. The van der Waals surface area contributed by atoms with E-state index in [0.29, 0.717) is 5.88 Å². The van der Waals surface area contributed by atoms with Gasteiger partial charge in [0, 0.05) is 22.8 Å². The Bertz CT molecular complexity index is 593. The molecule has 0 spiro atoms. The number of rotatable bonds is 6. The molecule has 1 heterocycles. The van der Waals surface area contributed by atoms with Crippen LogP contribution in [-0.4, -0.2) is 15.7 Å². The average molecular weight is 390 g/mol. The van der Waals surface area contributed by atoms with Gasteiger partial charge in [-0.05, 0) is 37.5 Å². The highest BCUT2D eigenvalue weighted by atomic mass is 79.9. The van der Waals surface area contributed by atoms with Crippen molar-refractivity contribution in [2.45, 2.75) is 39.2 Å². The molecule has 1 aromatic heterocycles. The molecule has 0 saturated carbocycles. The maximum atomic E-state index is 6.49. The minimum atomic E-state index is 0.240. The van der Waals surface area contributed by atoms with Crippen molar-refractivity contribution in [2.24, 2.45) is 0 Å². The lowest BCUT2D eigenvalue weighted by atomic mass is 9.96. The molecule has 0 bridgehead atoms. The lowest BCUT2D eigenvalue weighted by molar-refractivity contribution is 0.593. The van der Waals surface area contributed by atoms with E-state index in [1.165, 1.54) is 5.56 Å². The third-order valence-corrected chi connectivity index (χ3v) is 5.00. The number of aromatic nitrogens is 2. The summed E-state index contributed by atoms with van der Waals surface area (Å²) in [6.45, 7) is 4.98. The summed E-state index contributed by atoms with van der Waals surface area (Å²) in [5.41, 5.74) is 3.29. The van der Waals surface area contributed by atoms with E-state index in [4.69, 9.17) is 23.2 Å². The van der Waals surface area contributed by atoms with Crippen molar-refractivity contribution < 1.29 is 0 Å². The molecule has 1 atom stereocenters. The van der Waals surface area contributed by atoms with Crippen molar-refractivity contribution in [3.63, 3.8) is 0 Å². The topological polar surface area (TPSA) is 17.8 Å². The van der Waals surface area contributed by atoms with Gasteiger partial charge in [-0.25, -0.2) is 0 Å². The van der Waals surface area contributed by atoms with E-state index in [1.54, 1.807) is 0 Å². The molecule has 21 heavy (non-hydrogen) atoms. The molecule has 2 rings (SSSR count). The first-order chi connectivity index (χ1) is 10.1. The molecule has 0 aliphatic heterocycles. The van der Waals surface area contributed by atoms with Crippen molar-refractivity contribution in [3.8, 4) is 0 Å². The zero-order chi connectivity index (χ0) is 15.4. The Morgan fingerprint density at radius 2 is 1.90 bits per heavy atom. The Morgan fingerprint density at radius 3 is 2.43 bits per heavy atom. The molecule has 0 aliphatic rings. The second-order valence-corrected chi connectivity index (χ2v) is 6.59. The highest BCUT2D eigenvalue weighted by molar-refractivity contribution is 9.10. The van der Waals surface area contributed by atoms with Crippen LogP contribution in [0.15, 0.2) is 28.7 Å². The normalized spacial score (nSPS) is 12.6. The van der Waals surface area contributed by atoms with Crippen molar-refractivity contribution in [2.75, 3.05) is 5.88 Å². The number of halogens is 3. The van der Waals surface area contributed by atoms with Gasteiger partial charge in [0.05, 0.1) is 16.4 Å². The number of nitrogens with zero attached hydrogens (tertiary/aromatic N) is 2. The minimum absolute atomic E-state index is 0.240. The van der Waals surface area contributed by atoms with E-state index in [-0.39, 0.29) is 5.92 Å². The lowest BCUT2D eigenvalue weighted by Crippen LogP contribution is -2.10. The highest BCUT2D eigenvalue weighted by Crippen LogP contribution is 2.29. The molecular formula is C16H19BrCl2N2. The minimum Gasteiger partial charge on any atom is -0.268 e. The Labute approximate surface area is 144 Å². The molecule has 0 aliphatic carbocycles. The zero-order valence-electron chi connectivity index (χ0n) is 12.2. The van der Waals surface area contributed by atoms with Gasteiger partial charge in [-0.2, -0.15) is 5.10 Å². The predicted octanol–water partition coefficient (Wildman–Crippen LogP) is 5.45. The summed E-state index contributed by atoms with van der Waals surface area (Å²) in [5.74, 6) is 0.804. The van der Waals surface area contributed by atoms with Gasteiger partial charge in [0.2, 0.25) is 0 Å². The summed E-state index contributed by atoms with van der Waals surface area (Å²) in [5, 5.41) is 5.37. The molecule has 0 N–H and O–H groups in total. The molecule has 0 saturated heterocycles. The fourth-order valence-corrected chi connectivity index (χ4v) is 3.34. The number of aryl methyl sites for hydroxylation is 2. The van der Waals surface area contributed by atoms with Gasteiger partial charge >= 0.3 is 0 Å². The molecule has 0 amide bonds. The Morgan fingerprint density at radius 1 is 1.24 bits per heavy atom. The molecule has 1 aromatic carbocycles. The Balaban J connectivity index is 2.30. The first kappa shape index (κ1) is 16.9. The smallest absolute Gasteiger partial charge is 0.0850 e. The van der Waals surface area contributed by atoms with Gasteiger partial charge in [0.1, 0.15) is 0 Å². The summed E-state index contributed by atoms with van der Waals surface area (Å²) in [4.78, 5) is 0. The molecule has 114 valence electrons. The van der Waals surface area contributed by atoms with Crippen LogP contribution in [0.2, 0.25) is 5.02 Å². The van der Waals surface area contributed by atoms with Crippen molar-refractivity contribution >= 4 is 39.1 Å². The van der Waals surface area contributed by atoms with Gasteiger partial charge < -0.3 is 0 Å². The van der Waals surface area contributed by atoms with Crippen molar-refractivity contribution in [1.29, 1.82) is 0 Å². The van der Waals surface area contributed by atoms with Crippen LogP contribution in [0.3, 0.4) is 0 Å². The van der Waals surface area contributed by atoms with Crippen LogP contribution < -0.4 is 0 Å². The van der Waals surface area contributed by atoms with Crippen LogP contribution >= 0.6 is 39.1 Å². The quantitative estimate of drug-likeness (QED) is 0.601. The highest BCUT2D eigenvalue weighted by Gasteiger charge is 2.19. The molecule has 2 aromatic rings. The molecular weight excluding hydrogens is 371 g/mol.